The van der Waals surface area contributed by atoms with Crippen LogP contribution in [-0.4, -0.2) is 25.7 Å². The molecule has 0 aliphatic rings. The van der Waals surface area contributed by atoms with Crippen molar-refractivity contribution in [2.75, 3.05) is 0 Å². The van der Waals surface area contributed by atoms with Gasteiger partial charge in [0.05, 0.1) is 11.9 Å². The van der Waals surface area contributed by atoms with Gasteiger partial charge in [0.15, 0.2) is 11.3 Å². The van der Waals surface area contributed by atoms with Gasteiger partial charge in [0.2, 0.25) is 0 Å². The number of rotatable bonds is 2. The van der Waals surface area contributed by atoms with Crippen LogP contribution in [0.5, 0.6) is 0 Å². The van der Waals surface area contributed by atoms with Gasteiger partial charge in [0.1, 0.15) is 0 Å². The summed E-state index contributed by atoms with van der Waals surface area (Å²) >= 11 is 0. The summed E-state index contributed by atoms with van der Waals surface area (Å²) < 4.78 is 1.33. The fourth-order valence-electron chi connectivity index (χ4n) is 2.30. The van der Waals surface area contributed by atoms with Gasteiger partial charge in [-0.2, -0.15) is 5.10 Å². The number of nitrogens with zero attached hydrogens (tertiary/aromatic N) is 3. The highest BCUT2D eigenvalue weighted by Crippen LogP contribution is 2.24. The standard InChI is InChI=1S/C15H13N3O2/c1-9-3-4-11(10(2)7-9)12-8-13(15(19)20)18-14(17-12)5-6-16-18/h3-8H,1-2H3,(H,19,20). The summed E-state index contributed by atoms with van der Waals surface area (Å²) in [6.07, 6.45) is 1.54. The molecule has 0 unspecified atom stereocenters. The molecule has 0 bridgehead atoms. The predicted molar refractivity (Wildman–Crippen MR) is 74.9 cm³/mol. The second kappa shape index (κ2) is 4.45. The van der Waals surface area contributed by atoms with Crippen molar-refractivity contribution in [2.24, 2.45) is 0 Å². The van der Waals surface area contributed by atoms with E-state index in [1.807, 2.05) is 26.0 Å². The molecule has 3 aromatic rings. The molecule has 0 aliphatic carbocycles. The Balaban J connectivity index is 2.28. The third kappa shape index (κ3) is 1.93. The first kappa shape index (κ1) is 12.3. The SMILES string of the molecule is Cc1ccc(-c2cc(C(=O)O)n3nccc3n2)c(C)c1. The van der Waals surface area contributed by atoms with E-state index in [1.165, 1.54) is 4.52 Å². The van der Waals surface area contributed by atoms with E-state index in [0.717, 1.165) is 16.7 Å². The fraction of sp³-hybridized carbons (Fsp3) is 0.133. The van der Waals surface area contributed by atoms with E-state index in [-0.39, 0.29) is 5.69 Å². The van der Waals surface area contributed by atoms with E-state index in [0.29, 0.717) is 11.3 Å². The molecule has 2 aromatic heterocycles. The highest BCUT2D eigenvalue weighted by Gasteiger charge is 2.14. The van der Waals surface area contributed by atoms with Gasteiger partial charge in [-0.25, -0.2) is 14.3 Å². The predicted octanol–water partition coefficient (Wildman–Crippen LogP) is 2.71. The zero-order valence-electron chi connectivity index (χ0n) is 11.2. The average Bonchev–Trinajstić information content (AvgIpc) is 2.85. The largest absolute Gasteiger partial charge is 0.477 e. The molecule has 0 saturated heterocycles. The van der Waals surface area contributed by atoms with Gasteiger partial charge >= 0.3 is 5.97 Å². The van der Waals surface area contributed by atoms with Crippen LogP contribution in [0.25, 0.3) is 16.9 Å². The zero-order valence-corrected chi connectivity index (χ0v) is 11.2. The molecule has 0 radical (unpaired) electrons. The molecule has 0 fully saturated rings. The number of hydrogen-bond acceptors (Lipinski definition) is 3. The maximum atomic E-state index is 11.3. The van der Waals surface area contributed by atoms with Gasteiger partial charge in [0, 0.05) is 11.6 Å². The third-order valence-corrected chi connectivity index (χ3v) is 3.24. The number of carbonyl (C=O) groups is 1. The molecular weight excluding hydrogens is 254 g/mol. The fourth-order valence-corrected chi connectivity index (χ4v) is 2.30. The highest BCUT2D eigenvalue weighted by atomic mass is 16.4. The van der Waals surface area contributed by atoms with Crippen LogP contribution < -0.4 is 0 Å². The summed E-state index contributed by atoms with van der Waals surface area (Å²) in [5, 5.41) is 13.3. The summed E-state index contributed by atoms with van der Waals surface area (Å²) in [6, 6.07) is 9.26. The van der Waals surface area contributed by atoms with Crippen molar-refractivity contribution in [3.63, 3.8) is 0 Å². The summed E-state index contributed by atoms with van der Waals surface area (Å²) in [5.74, 6) is -1.02. The molecule has 100 valence electrons. The van der Waals surface area contributed by atoms with Crippen LogP contribution in [0.3, 0.4) is 0 Å². The number of carboxylic acids is 1. The molecule has 1 aromatic carbocycles. The normalized spacial score (nSPS) is 10.9. The monoisotopic (exact) mass is 267 g/mol. The molecule has 0 spiro atoms. The Labute approximate surface area is 115 Å². The summed E-state index contributed by atoms with van der Waals surface area (Å²) in [5.41, 5.74) is 4.44. The average molecular weight is 267 g/mol. The van der Waals surface area contributed by atoms with Crippen molar-refractivity contribution in [1.29, 1.82) is 0 Å². The topological polar surface area (TPSA) is 67.5 Å². The van der Waals surface area contributed by atoms with Crippen molar-refractivity contribution >= 4 is 11.6 Å². The van der Waals surface area contributed by atoms with Crippen LogP contribution in [0.2, 0.25) is 0 Å². The molecule has 0 aliphatic heterocycles. The Morgan fingerprint density at radius 1 is 1.20 bits per heavy atom. The smallest absolute Gasteiger partial charge is 0.354 e. The van der Waals surface area contributed by atoms with E-state index in [1.54, 1.807) is 18.3 Å². The highest BCUT2D eigenvalue weighted by molar-refractivity contribution is 5.88. The molecule has 0 atom stereocenters. The number of aromatic nitrogens is 3. The Morgan fingerprint density at radius 3 is 2.70 bits per heavy atom. The van der Waals surface area contributed by atoms with Gasteiger partial charge in [-0.05, 0) is 25.5 Å². The number of fused-ring (bicyclic) bond motifs is 1. The van der Waals surface area contributed by atoms with Gasteiger partial charge in [-0.3, -0.25) is 0 Å². The third-order valence-electron chi connectivity index (χ3n) is 3.24. The zero-order chi connectivity index (χ0) is 14.3. The Kier molecular flexibility index (Phi) is 2.75. The Hall–Kier alpha value is -2.69. The Bertz CT molecular complexity index is 821. The second-order valence-corrected chi connectivity index (χ2v) is 4.75. The lowest BCUT2D eigenvalue weighted by molar-refractivity contribution is 0.0687. The van der Waals surface area contributed by atoms with E-state index in [2.05, 4.69) is 16.1 Å². The van der Waals surface area contributed by atoms with Crippen molar-refractivity contribution in [3.8, 4) is 11.3 Å². The Morgan fingerprint density at radius 2 is 2.00 bits per heavy atom. The maximum absolute atomic E-state index is 11.3. The quantitative estimate of drug-likeness (QED) is 0.775. The number of benzene rings is 1. The van der Waals surface area contributed by atoms with Gasteiger partial charge < -0.3 is 5.11 Å². The number of aromatic carboxylic acids is 1. The lowest BCUT2D eigenvalue weighted by Crippen LogP contribution is -2.08. The van der Waals surface area contributed by atoms with E-state index >= 15 is 0 Å². The van der Waals surface area contributed by atoms with Crippen molar-refractivity contribution in [1.82, 2.24) is 14.6 Å². The molecule has 3 rings (SSSR count). The van der Waals surface area contributed by atoms with Crippen molar-refractivity contribution in [3.05, 3.63) is 53.3 Å². The van der Waals surface area contributed by atoms with Crippen LogP contribution in [0.4, 0.5) is 0 Å². The summed E-state index contributed by atoms with van der Waals surface area (Å²) in [7, 11) is 0. The van der Waals surface area contributed by atoms with E-state index < -0.39 is 5.97 Å². The van der Waals surface area contributed by atoms with E-state index in [9.17, 15) is 9.90 Å². The molecule has 5 nitrogen and oxygen atoms in total. The second-order valence-electron chi connectivity index (χ2n) is 4.75. The molecule has 2 heterocycles. The van der Waals surface area contributed by atoms with Crippen LogP contribution in [0.1, 0.15) is 21.6 Å². The number of hydrogen-bond donors (Lipinski definition) is 1. The first-order chi connectivity index (χ1) is 9.56. The maximum Gasteiger partial charge on any atom is 0.354 e. The number of aryl methyl sites for hydroxylation is 2. The molecule has 0 saturated carbocycles. The minimum atomic E-state index is -1.02. The molecule has 1 N–H and O–H groups in total. The molecule has 20 heavy (non-hydrogen) atoms. The van der Waals surface area contributed by atoms with Crippen LogP contribution in [0, 0.1) is 13.8 Å². The molecule has 5 heteroatoms. The van der Waals surface area contributed by atoms with Crippen molar-refractivity contribution in [2.45, 2.75) is 13.8 Å². The minimum Gasteiger partial charge on any atom is -0.477 e. The summed E-state index contributed by atoms with van der Waals surface area (Å²) in [6.45, 7) is 4.01. The summed E-state index contributed by atoms with van der Waals surface area (Å²) in [4.78, 5) is 15.8. The molecular formula is C15H13N3O2. The number of carboxylic acid groups (broad SMARTS) is 1. The van der Waals surface area contributed by atoms with Gasteiger partial charge in [-0.1, -0.05) is 23.8 Å². The minimum absolute atomic E-state index is 0.106. The van der Waals surface area contributed by atoms with Crippen LogP contribution in [-0.2, 0) is 0 Å². The molecule has 0 amide bonds. The van der Waals surface area contributed by atoms with Gasteiger partial charge in [-0.15, -0.1) is 0 Å². The van der Waals surface area contributed by atoms with Gasteiger partial charge in [0.25, 0.3) is 0 Å². The van der Waals surface area contributed by atoms with Crippen LogP contribution >= 0.6 is 0 Å². The first-order valence-electron chi connectivity index (χ1n) is 6.22. The van der Waals surface area contributed by atoms with Crippen molar-refractivity contribution < 1.29 is 9.90 Å². The lowest BCUT2D eigenvalue weighted by Gasteiger charge is -2.08. The first-order valence-corrected chi connectivity index (χ1v) is 6.22. The lowest BCUT2D eigenvalue weighted by atomic mass is 10.0. The van der Waals surface area contributed by atoms with Crippen LogP contribution in [0.15, 0.2) is 36.5 Å². The van der Waals surface area contributed by atoms with E-state index in [4.69, 9.17) is 0 Å².